The van der Waals surface area contributed by atoms with Crippen LogP contribution in [-0.2, 0) is 4.74 Å². The average Bonchev–Trinajstić information content (AvgIpc) is 2.60. The van der Waals surface area contributed by atoms with E-state index >= 15 is 0 Å². The molecule has 0 radical (unpaired) electrons. The van der Waals surface area contributed by atoms with Gasteiger partial charge in [-0.15, -0.1) is 0 Å². The molecule has 1 atom stereocenters. The Balaban J connectivity index is 2.16. The third-order valence-corrected chi connectivity index (χ3v) is 2.97. The molecular formula is C11H24N2O. The number of nitrogens with zero attached hydrogens (tertiary/aromatic N) is 1. The van der Waals surface area contributed by atoms with Crippen molar-refractivity contribution >= 4 is 0 Å². The Morgan fingerprint density at radius 1 is 1.43 bits per heavy atom. The second-order valence-electron chi connectivity index (χ2n) is 4.39. The standard InChI is InChI=1S/C11H24N2O/c1-10(2)11-4-3-6-13(11)7-9-14-8-5-12/h10-11H,3-9,12H2,1-2H3. The van der Waals surface area contributed by atoms with Crippen LogP contribution in [0.2, 0.25) is 0 Å². The van der Waals surface area contributed by atoms with Crippen LogP contribution in [0.4, 0.5) is 0 Å². The highest BCUT2D eigenvalue weighted by molar-refractivity contribution is 4.81. The van der Waals surface area contributed by atoms with Crippen molar-refractivity contribution in [3.63, 3.8) is 0 Å². The summed E-state index contributed by atoms with van der Waals surface area (Å²) in [5, 5.41) is 0. The van der Waals surface area contributed by atoms with Gasteiger partial charge < -0.3 is 10.5 Å². The first-order valence-electron chi connectivity index (χ1n) is 5.77. The van der Waals surface area contributed by atoms with Gasteiger partial charge in [-0.25, -0.2) is 0 Å². The van der Waals surface area contributed by atoms with Gasteiger partial charge in [-0.3, -0.25) is 4.90 Å². The van der Waals surface area contributed by atoms with Crippen molar-refractivity contribution < 1.29 is 4.74 Å². The number of likely N-dealkylation sites (tertiary alicyclic amines) is 1. The van der Waals surface area contributed by atoms with Gasteiger partial charge in [-0.1, -0.05) is 13.8 Å². The van der Waals surface area contributed by atoms with E-state index < -0.39 is 0 Å². The number of hydrogen-bond acceptors (Lipinski definition) is 3. The Bertz CT molecular complexity index is 150. The normalized spacial score (nSPS) is 23.6. The molecule has 0 aromatic rings. The molecule has 0 aliphatic carbocycles. The van der Waals surface area contributed by atoms with Gasteiger partial charge >= 0.3 is 0 Å². The highest BCUT2D eigenvalue weighted by atomic mass is 16.5. The molecule has 0 spiro atoms. The van der Waals surface area contributed by atoms with Crippen molar-refractivity contribution in [3.8, 4) is 0 Å². The highest BCUT2D eigenvalue weighted by Crippen LogP contribution is 2.22. The Hall–Kier alpha value is -0.120. The van der Waals surface area contributed by atoms with Gasteiger partial charge in [-0.2, -0.15) is 0 Å². The van der Waals surface area contributed by atoms with Gasteiger partial charge in [0.25, 0.3) is 0 Å². The van der Waals surface area contributed by atoms with E-state index in [-0.39, 0.29) is 0 Å². The van der Waals surface area contributed by atoms with E-state index in [2.05, 4.69) is 18.7 Å². The molecule has 3 nitrogen and oxygen atoms in total. The van der Waals surface area contributed by atoms with Crippen LogP contribution in [0, 0.1) is 5.92 Å². The van der Waals surface area contributed by atoms with Crippen LogP contribution >= 0.6 is 0 Å². The molecular weight excluding hydrogens is 176 g/mol. The minimum Gasteiger partial charge on any atom is -0.379 e. The quantitative estimate of drug-likeness (QED) is 0.652. The Morgan fingerprint density at radius 2 is 2.21 bits per heavy atom. The fourth-order valence-electron chi connectivity index (χ4n) is 2.25. The molecule has 1 aliphatic heterocycles. The second kappa shape index (κ2) is 6.38. The average molecular weight is 200 g/mol. The molecule has 1 fully saturated rings. The van der Waals surface area contributed by atoms with Gasteiger partial charge in [0.2, 0.25) is 0 Å². The highest BCUT2D eigenvalue weighted by Gasteiger charge is 2.26. The van der Waals surface area contributed by atoms with Crippen molar-refractivity contribution in [1.82, 2.24) is 4.90 Å². The number of nitrogens with two attached hydrogens (primary N) is 1. The lowest BCUT2D eigenvalue weighted by Gasteiger charge is -2.27. The fourth-order valence-corrected chi connectivity index (χ4v) is 2.25. The summed E-state index contributed by atoms with van der Waals surface area (Å²) < 4.78 is 5.41. The maximum absolute atomic E-state index is 5.41. The monoisotopic (exact) mass is 200 g/mol. The first-order chi connectivity index (χ1) is 6.75. The molecule has 1 unspecified atom stereocenters. The lowest BCUT2D eigenvalue weighted by molar-refractivity contribution is 0.0961. The van der Waals surface area contributed by atoms with Crippen molar-refractivity contribution in [2.45, 2.75) is 32.7 Å². The molecule has 0 amide bonds. The van der Waals surface area contributed by atoms with E-state index in [1.807, 2.05) is 0 Å². The van der Waals surface area contributed by atoms with E-state index in [9.17, 15) is 0 Å². The number of hydrogen-bond donors (Lipinski definition) is 1. The van der Waals surface area contributed by atoms with Gasteiger partial charge in [0, 0.05) is 19.1 Å². The van der Waals surface area contributed by atoms with Gasteiger partial charge in [-0.05, 0) is 25.3 Å². The predicted octanol–water partition coefficient (Wildman–Crippen LogP) is 1.08. The largest absolute Gasteiger partial charge is 0.379 e. The molecule has 0 saturated carbocycles. The number of rotatable bonds is 6. The molecule has 0 aromatic carbocycles. The summed E-state index contributed by atoms with van der Waals surface area (Å²) in [6.07, 6.45) is 2.70. The molecule has 0 aromatic heterocycles. The van der Waals surface area contributed by atoms with Crippen LogP contribution in [0.3, 0.4) is 0 Å². The second-order valence-corrected chi connectivity index (χ2v) is 4.39. The lowest BCUT2D eigenvalue weighted by atomic mass is 10.0. The van der Waals surface area contributed by atoms with Crippen LogP contribution in [0.5, 0.6) is 0 Å². The summed E-state index contributed by atoms with van der Waals surface area (Å²) in [7, 11) is 0. The SMILES string of the molecule is CC(C)C1CCCN1CCOCCN. The van der Waals surface area contributed by atoms with Crippen molar-refractivity contribution in [2.24, 2.45) is 11.7 Å². The molecule has 2 N–H and O–H groups in total. The topological polar surface area (TPSA) is 38.5 Å². The molecule has 0 bridgehead atoms. The van der Waals surface area contributed by atoms with Gasteiger partial charge in [0.1, 0.15) is 0 Å². The summed E-state index contributed by atoms with van der Waals surface area (Å²) in [6, 6.07) is 0.775. The van der Waals surface area contributed by atoms with E-state index in [1.165, 1.54) is 19.4 Å². The van der Waals surface area contributed by atoms with Crippen LogP contribution in [0.1, 0.15) is 26.7 Å². The molecule has 1 saturated heterocycles. The van der Waals surface area contributed by atoms with Crippen molar-refractivity contribution in [1.29, 1.82) is 0 Å². The summed E-state index contributed by atoms with van der Waals surface area (Å²) in [5.41, 5.74) is 5.36. The molecule has 3 heteroatoms. The maximum atomic E-state index is 5.41. The van der Waals surface area contributed by atoms with Crippen LogP contribution < -0.4 is 5.73 Å². The minimum atomic E-state index is 0.633. The predicted molar refractivity (Wildman–Crippen MR) is 59.3 cm³/mol. The maximum Gasteiger partial charge on any atom is 0.0594 e. The lowest BCUT2D eigenvalue weighted by Crippen LogP contribution is -2.36. The Kier molecular flexibility index (Phi) is 5.45. The minimum absolute atomic E-state index is 0.633. The molecule has 1 heterocycles. The van der Waals surface area contributed by atoms with Crippen LogP contribution in [-0.4, -0.2) is 43.8 Å². The summed E-state index contributed by atoms with van der Waals surface area (Å²) in [6.45, 7) is 9.10. The molecule has 1 aliphatic rings. The van der Waals surface area contributed by atoms with E-state index in [0.717, 1.165) is 25.1 Å². The molecule has 1 rings (SSSR count). The zero-order valence-corrected chi connectivity index (χ0v) is 9.54. The Morgan fingerprint density at radius 3 is 2.86 bits per heavy atom. The zero-order chi connectivity index (χ0) is 10.4. The third-order valence-electron chi connectivity index (χ3n) is 2.97. The number of ether oxygens (including phenoxy) is 1. The van der Waals surface area contributed by atoms with Crippen LogP contribution in [0.25, 0.3) is 0 Å². The van der Waals surface area contributed by atoms with Gasteiger partial charge in [0.15, 0.2) is 0 Å². The molecule has 84 valence electrons. The van der Waals surface area contributed by atoms with Crippen molar-refractivity contribution in [2.75, 3.05) is 32.8 Å². The fraction of sp³-hybridized carbons (Fsp3) is 1.00. The summed E-state index contributed by atoms with van der Waals surface area (Å²) in [4.78, 5) is 2.56. The first-order valence-corrected chi connectivity index (χ1v) is 5.77. The zero-order valence-electron chi connectivity index (χ0n) is 9.54. The summed E-state index contributed by atoms with van der Waals surface area (Å²) in [5.74, 6) is 0.770. The Labute approximate surface area is 87.6 Å². The third kappa shape index (κ3) is 3.56. The summed E-state index contributed by atoms with van der Waals surface area (Å²) >= 11 is 0. The van der Waals surface area contributed by atoms with Gasteiger partial charge in [0.05, 0.1) is 13.2 Å². The van der Waals surface area contributed by atoms with Crippen LogP contribution in [0.15, 0.2) is 0 Å². The smallest absolute Gasteiger partial charge is 0.0594 e. The molecule has 14 heavy (non-hydrogen) atoms. The first kappa shape index (κ1) is 12.0. The van der Waals surface area contributed by atoms with E-state index in [1.54, 1.807) is 0 Å². The van der Waals surface area contributed by atoms with E-state index in [4.69, 9.17) is 10.5 Å². The van der Waals surface area contributed by atoms with Crippen molar-refractivity contribution in [3.05, 3.63) is 0 Å². The van der Waals surface area contributed by atoms with E-state index in [0.29, 0.717) is 13.2 Å².